The molecule has 1 saturated carbocycles. The lowest BCUT2D eigenvalue weighted by Gasteiger charge is -2.27. The highest BCUT2D eigenvalue weighted by Crippen LogP contribution is 2.32. The Balaban J connectivity index is 0.000000397. The van der Waals surface area contributed by atoms with E-state index in [0.29, 0.717) is 17.7 Å². The highest BCUT2D eigenvalue weighted by atomic mass is 16.5. The van der Waals surface area contributed by atoms with Crippen LogP contribution in [0, 0.1) is 25.7 Å². The summed E-state index contributed by atoms with van der Waals surface area (Å²) >= 11 is 0. The Hall–Kier alpha value is -2.86. The maximum absolute atomic E-state index is 12.3. The normalized spacial score (nSPS) is 17.4. The Kier molecular flexibility index (Phi) is 17.1. The first-order chi connectivity index (χ1) is 20.1. The zero-order valence-corrected chi connectivity index (χ0v) is 27.8. The second-order valence-corrected chi connectivity index (χ2v) is 11.2. The van der Waals surface area contributed by atoms with Crippen LogP contribution in [-0.4, -0.2) is 36.6 Å². The SMILES string of the molecule is CC.CCC1CCC(C(=O)Nc2ccc(C)c(OC)c2)CC1.CCCC(O)(CC)COc1cc(C)c(CC)c(C=O)c1. The number of hydrogen-bond acceptors (Lipinski definition) is 5. The summed E-state index contributed by atoms with van der Waals surface area (Å²) < 4.78 is 11.0. The first-order valence-corrected chi connectivity index (χ1v) is 16.0. The number of carbonyl (C=O) groups is 2. The number of aliphatic hydroxyl groups is 1. The van der Waals surface area contributed by atoms with E-state index in [9.17, 15) is 14.7 Å². The van der Waals surface area contributed by atoms with Crippen LogP contribution in [0.4, 0.5) is 5.69 Å². The van der Waals surface area contributed by atoms with Crippen LogP contribution in [0.1, 0.15) is 120 Å². The van der Waals surface area contributed by atoms with Crippen molar-refractivity contribution in [1.82, 2.24) is 0 Å². The second-order valence-electron chi connectivity index (χ2n) is 11.2. The molecule has 0 saturated heterocycles. The van der Waals surface area contributed by atoms with Crippen LogP contribution in [0.15, 0.2) is 30.3 Å². The van der Waals surface area contributed by atoms with E-state index < -0.39 is 5.60 Å². The van der Waals surface area contributed by atoms with Crippen LogP contribution < -0.4 is 14.8 Å². The van der Waals surface area contributed by atoms with Crippen molar-refractivity contribution in [2.45, 2.75) is 119 Å². The van der Waals surface area contributed by atoms with Crippen LogP contribution in [0.5, 0.6) is 11.5 Å². The molecule has 1 fully saturated rings. The summed E-state index contributed by atoms with van der Waals surface area (Å²) in [4.78, 5) is 23.4. The number of methoxy groups -OCH3 is 1. The number of amides is 1. The highest BCUT2D eigenvalue weighted by molar-refractivity contribution is 5.92. The summed E-state index contributed by atoms with van der Waals surface area (Å²) in [5, 5.41) is 13.4. The van der Waals surface area contributed by atoms with Crippen LogP contribution >= 0.6 is 0 Å². The van der Waals surface area contributed by atoms with E-state index >= 15 is 0 Å². The lowest BCUT2D eigenvalue weighted by Crippen LogP contribution is -2.35. The minimum Gasteiger partial charge on any atom is -0.496 e. The van der Waals surface area contributed by atoms with Crippen LogP contribution in [-0.2, 0) is 11.2 Å². The van der Waals surface area contributed by atoms with Crippen molar-refractivity contribution < 1.29 is 24.2 Å². The Morgan fingerprint density at radius 2 is 1.69 bits per heavy atom. The molecule has 236 valence electrons. The summed E-state index contributed by atoms with van der Waals surface area (Å²) in [5.41, 5.74) is 3.92. The van der Waals surface area contributed by atoms with E-state index in [4.69, 9.17) is 9.47 Å². The van der Waals surface area contributed by atoms with Crippen LogP contribution in [0.25, 0.3) is 0 Å². The van der Waals surface area contributed by atoms with Crippen molar-refractivity contribution >= 4 is 17.9 Å². The van der Waals surface area contributed by atoms with Gasteiger partial charge in [0.1, 0.15) is 24.4 Å². The summed E-state index contributed by atoms with van der Waals surface area (Å²) in [6.07, 6.45) is 9.65. The fourth-order valence-electron chi connectivity index (χ4n) is 5.49. The minimum absolute atomic E-state index is 0.158. The van der Waals surface area contributed by atoms with Gasteiger partial charge >= 0.3 is 0 Å². The van der Waals surface area contributed by atoms with E-state index in [0.717, 1.165) is 72.4 Å². The molecule has 6 heteroatoms. The van der Waals surface area contributed by atoms with Crippen molar-refractivity contribution in [3.8, 4) is 11.5 Å². The second kappa shape index (κ2) is 19.4. The third kappa shape index (κ3) is 11.4. The Bertz CT molecular complexity index is 1090. The molecular formula is C36H57NO5. The average Bonchev–Trinajstić information content (AvgIpc) is 3.02. The zero-order valence-electron chi connectivity index (χ0n) is 27.8. The number of aldehydes is 1. The molecule has 0 bridgehead atoms. The Labute approximate surface area is 255 Å². The fraction of sp³-hybridized carbons (Fsp3) is 0.611. The molecule has 1 atom stereocenters. The van der Waals surface area contributed by atoms with Gasteiger partial charge in [0.2, 0.25) is 5.91 Å². The average molecular weight is 584 g/mol. The number of anilines is 1. The molecular weight excluding hydrogens is 526 g/mol. The van der Waals surface area contributed by atoms with Crippen LogP contribution in [0.3, 0.4) is 0 Å². The maximum atomic E-state index is 12.3. The molecule has 1 unspecified atom stereocenters. The number of ether oxygens (including phenoxy) is 2. The molecule has 42 heavy (non-hydrogen) atoms. The molecule has 1 aliphatic rings. The van der Waals surface area contributed by atoms with Gasteiger partial charge < -0.3 is 19.9 Å². The molecule has 1 aliphatic carbocycles. The largest absolute Gasteiger partial charge is 0.496 e. The van der Waals surface area contributed by atoms with Gasteiger partial charge in [-0.1, -0.05) is 60.5 Å². The standard InChI is InChI=1S/C17H25NO2.C17H26O3.C2H6/c1-4-13-6-8-14(9-7-13)17(19)18-15-10-5-12(2)16(11-15)20-3;1-5-8-17(19,7-3)12-20-15-9-13(4)16(6-2)14(10-15)11-18;1-2/h5,10-11,13-14H,4,6-9H2,1-3H3,(H,18,19);9-11,19H,5-8,12H2,1-4H3;1-2H3. The first-order valence-electron chi connectivity index (χ1n) is 16.0. The number of hydrogen-bond donors (Lipinski definition) is 2. The molecule has 3 rings (SSSR count). The lowest BCUT2D eigenvalue weighted by atomic mass is 9.80. The number of benzene rings is 2. The van der Waals surface area contributed by atoms with E-state index in [1.54, 1.807) is 13.2 Å². The van der Waals surface area contributed by atoms with Crippen molar-refractivity contribution in [1.29, 1.82) is 0 Å². The third-order valence-electron chi connectivity index (χ3n) is 8.31. The van der Waals surface area contributed by atoms with Crippen LogP contribution in [0.2, 0.25) is 0 Å². The van der Waals surface area contributed by atoms with Gasteiger partial charge in [-0.2, -0.15) is 0 Å². The summed E-state index contributed by atoms with van der Waals surface area (Å²) in [6, 6.07) is 9.51. The predicted octanol–water partition coefficient (Wildman–Crippen LogP) is 8.87. The van der Waals surface area contributed by atoms with Gasteiger partial charge in [-0.15, -0.1) is 0 Å². The van der Waals surface area contributed by atoms with E-state index in [1.165, 1.54) is 19.3 Å². The van der Waals surface area contributed by atoms with E-state index in [1.807, 2.05) is 72.7 Å². The Morgan fingerprint density at radius 1 is 1.02 bits per heavy atom. The number of nitrogens with one attached hydrogen (secondary N) is 1. The highest BCUT2D eigenvalue weighted by Gasteiger charge is 2.26. The smallest absolute Gasteiger partial charge is 0.227 e. The molecule has 0 spiro atoms. The van der Waals surface area contributed by atoms with Gasteiger partial charge in [-0.3, -0.25) is 9.59 Å². The van der Waals surface area contributed by atoms with Crippen molar-refractivity contribution in [3.05, 3.63) is 52.6 Å². The number of rotatable bonds is 12. The fourth-order valence-corrected chi connectivity index (χ4v) is 5.49. The minimum atomic E-state index is -0.784. The summed E-state index contributed by atoms with van der Waals surface area (Å²) in [7, 11) is 1.65. The first kappa shape index (κ1) is 37.2. The van der Waals surface area contributed by atoms with Gasteiger partial charge in [-0.25, -0.2) is 0 Å². The van der Waals surface area contributed by atoms with Gasteiger partial charge in [0.15, 0.2) is 0 Å². The maximum Gasteiger partial charge on any atom is 0.227 e. The monoisotopic (exact) mass is 583 g/mol. The topological polar surface area (TPSA) is 84.9 Å². The third-order valence-corrected chi connectivity index (χ3v) is 8.31. The van der Waals surface area contributed by atoms with Gasteiger partial charge in [0.05, 0.1) is 12.7 Å². The summed E-state index contributed by atoms with van der Waals surface area (Å²) in [5.74, 6) is 2.62. The molecule has 2 N–H and O–H groups in total. The van der Waals surface area contributed by atoms with Gasteiger partial charge in [0.25, 0.3) is 0 Å². The summed E-state index contributed by atoms with van der Waals surface area (Å²) in [6.45, 7) is 16.5. The van der Waals surface area contributed by atoms with Crippen molar-refractivity contribution in [3.63, 3.8) is 0 Å². The van der Waals surface area contributed by atoms with Crippen molar-refractivity contribution in [2.24, 2.45) is 11.8 Å². The molecule has 2 aromatic carbocycles. The molecule has 0 aliphatic heterocycles. The predicted molar refractivity (Wildman–Crippen MR) is 175 cm³/mol. The molecule has 2 aromatic rings. The Morgan fingerprint density at radius 3 is 2.21 bits per heavy atom. The molecule has 6 nitrogen and oxygen atoms in total. The van der Waals surface area contributed by atoms with E-state index in [-0.39, 0.29) is 18.4 Å². The van der Waals surface area contributed by atoms with Gasteiger partial charge in [-0.05, 0) is 99.6 Å². The molecule has 0 heterocycles. The lowest BCUT2D eigenvalue weighted by molar-refractivity contribution is -0.121. The molecule has 0 aromatic heterocycles. The molecule has 1 amide bonds. The number of carbonyl (C=O) groups excluding carboxylic acids is 2. The molecule has 0 radical (unpaired) electrons. The number of aryl methyl sites for hydroxylation is 2. The van der Waals surface area contributed by atoms with E-state index in [2.05, 4.69) is 12.2 Å². The zero-order chi connectivity index (χ0) is 31.7. The van der Waals surface area contributed by atoms with Crippen molar-refractivity contribution in [2.75, 3.05) is 19.0 Å². The quantitative estimate of drug-likeness (QED) is 0.244. The van der Waals surface area contributed by atoms with Gasteiger partial charge in [0, 0.05) is 23.2 Å².